The Labute approximate surface area is 113 Å². The van der Waals surface area contributed by atoms with Crippen LogP contribution in [-0.2, 0) is 9.53 Å². The molecule has 0 N–H and O–H groups in total. The van der Waals surface area contributed by atoms with E-state index in [9.17, 15) is 4.79 Å². The van der Waals surface area contributed by atoms with E-state index >= 15 is 0 Å². The Kier molecular flexibility index (Phi) is 11.5. The summed E-state index contributed by atoms with van der Waals surface area (Å²) < 4.78 is 6.22. The number of carbonyl (C=O) groups excluding carboxylic acids is 1. The lowest BCUT2D eigenvalue weighted by atomic mass is 9.86. The number of rotatable bonds is 13. The molecule has 0 aliphatic heterocycles. The minimum atomic E-state index is 0.0870. The second-order valence-electron chi connectivity index (χ2n) is 5.30. The molecule has 18 heavy (non-hydrogen) atoms. The lowest BCUT2D eigenvalue weighted by molar-refractivity contribution is -0.109. The molecule has 0 heterocycles. The fourth-order valence-electron chi connectivity index (χ4n) is 2.50. The summed E-state index contributed by atoms with van der Waals surface area (Å²) >= 11 is 0. The van der Waals surface area contributed by atoms with Crippen LogP contribution >= 0.6 is 0 Å². The van der Waals surface area contributed by atoms with Gasteiger partial charge >= 0.3 is 0 Å². The molecule has 0 radical (unpaired) electrons. The smallest absolute Gasteiger partial charge is 0.120 e. The van der Waals surface area contributed by atoms with Gasteiger partial charge < -0.3 is 9.53 Å². The van der Waals surface area contributed by atoms with E-state index in [1.54, 1.807) is 0 Å². The summed E-state index contributed by atoms with van der Waals surface area (Å²) in [6.07, 6.45) is 12.1. The molecule has 0 aliphatic rings. The van der Waals surface area contributed by atoms with Gasteiger partial charge in [0.05, 0.1) is 5.60 Å². The molecular formula is C16H32O2. The van der Waals surface area contributed by atoms with Crippen LogP contribution in [0, 0.1) is 0 Å². The number of aldehydes is 1. The van der Waals surface area contributed by atoms with Crippen LogP contribution in [0.2, 0.25) is 0 Å². The van der Waals surface area contributed by atoms with Crippen LogP contribution in [0.25, 0.3) is 0 Å². The van der Waals surface area contributed by atoms with Gasteiger partial charge in [0.1, 0.15) is 6.29 Å². The first kappa shape index (κ1) is 17.6. The second-order valence-corrected chi connectivity index (χ2v) is 5.30. The monoisotopic (exact) mass is 256 g/mol. The number of ether oxygens (including phenoxy) is 1. The predicted octanol–water partition coefficient (Wildman–Crippen LogP) is 4.90. The predicted molar refractivity (Wildman–Crippen MR) is 77.9 cm³/mol. The van der Waals surface area contributed by atoms with E-state index in [1.165, 1.54) is 44.9 Å². The van der Waals surface area contributed by atoms with E-state index in [1.807, 2.05) is 0 Å². The third-order valence-corrected chi connectivity index (χ3v) is 3.55. The van der Waals surface area contributed by atoms with Crippen LogP contribution < -0.4 is 0 Å². The zero-order valence-corrected chi connectivity index (χ0v) is 12.7. The maximum Gasteiger partial charge on any atom is 0.120 e. The number of carbonyl (C=O) groups is 1. The van der Waals surface area contributed by atoms with Crippen LogP contribution in [0.3, 0.4) is 0 Å². The van der Waals surface area contributed by atoms with Crippen molar-refractivity contribution in [2.24, 2.45) is 0 Å². The van der Waals surface area contributed by atoms with Crippen LogP contribution in [0.5, 0.6) is 0 Å². The fourth-order valence-corrected chi connectivity index (χ4v) is 2.50. The van der Waals surface area contributed by atoms with E-state index < -0.39 is 0 Å². The first-order chi connectivity index (χ1) is 8.74. The van der Waals surface area contributed by atoms with E-state index in [-0.39, 0.29) is 5.60 Å². The maximum absolute atomic E-state index is 10.3. The van der Waals surface area contributed by atoms with Crippen LogP contribution in [0.4, 0.5) is 0 Å². The van der Waals surface area contributed by atoms with Gasteiger partial charge in [0, 0.05) is 13.0 Å². The Hall–Kier alpha value is -0.370. The Morgan fingerprint density at radius 1 is 0.889 bits per heavy atom. The molecule has 0 bridgehead atoms. The van der Waals surface area contributed by atoms with Crippen molar-refractivity contribution in [3.8, 4) is 0 Å². The highest BCUT2D eigenvalue weighted by molar-refractivity contribution is 5.48. The lowest BCUT2D eigenvalue weighted by Gasteiger charge is -2.34. The molecule has 0 rings (SSSR count). The van der Waals surface area contributed by atoms with Crippen LogP contribution in [-0.4, -0.2) is 18.5 Å². The zero-order chi connectivity index (χ0) is 13.7. The van der Waals surface area contributed by atoms with Crippen molar-refractivity contribution in [3.63, 3.8) is 0 Å². The van der Waals surface area contributed by atoms with E-state index in [0.29, 0.717) is 6.42 Å². The molecule has 0 aromatic carbocycles. The molecule has 0 unspecified atom stereocenters. The number of unbranched alkanes of at least 4 members (excludes halogenated alkanes) is 3. The highest BCUT2D eigenvalue weighted by atomic mass is 16.5. The Morgan fingerprint density at radius 2 is 1.50 bits per heavy atom. The molecule has 0 aromatic rings. The van der Waals surface area contributed by atoms with Gasteiger partial charge in [-0.1, -0.05) is 52.9 Å². The molecule has 2 nitrogen and oxygen atoms in total. The summed E-state index contributed by atoms with van der Waals surface area (Å²) in [6, 6.07) is 0. The third-order valence-electron chi connectivity index (χ3n) is 3.55. The molecule has 0 saturated carbocycles. The summed E-state index contributed by atoms with van der Waals surface area (Å²) in [5.74, 6) is 0. The van der Waals surface area contributed by atoms with Crippen molar-refractivity contribution in [1.29, 1.82) is 0 Å². The number of hydrogen-bond acceptors (Lipinski definition) is 2. The van der Waals surface area contributed by atoms with Gasteiger partial charge in [-0.25, -0.2) is 0 Å². The lowest BCUT2D eigenvalue weighted by Crippen LogP contribution is -2.33. The van der Waals surface area contributed by atoms with Crippen LogP contribution in [0.1, 0.15) is 85.0 Å². The maximum atomic E-state index is 10.3. The van der Waals surface area contributed by atoms with Crippen molar-refractivity contribution in [2.75, 3.05) is 6.61 Å². The summed E-state index contributed by atoms with van der Waals surface area (Å²) in [5.41, 5.74) is 0.0870. The molecule has 0 saturated heterocycles. The Morgan fingerprint density at radius 3 is 1.94 bits per heavy atom. The summed E-state index contributed by atoms with van der Waals surface area (Å²) in [5, 5.41) is 0. The zero-order valence-electron chi connectivity index (χ0n) is 12.7. The van der Waals surface area contributed by atoms with Gasteiger partial charge in [-0.3, -0.25) is 0 Å². The van der Waals surface area contributed by atoms with Crippen molar-refractivity contribution < 1.29 is 9.53 Å². The molecule has 0 fully saturated rings. The quantitative estimate of drug-likeness (QED) is 0.346. The van der Waals surface area contributed by atoms with Gasteiger partial charge in [-0.05, 0) is 25.7 Å². The van der Waals surface area contributed by atoms with E-state index in [2.05, 4.69) is 20.8 Å². The van der Waals surface area contributed by atoms with Crippen molar-refractivity contribution in [2.45, 2.75) is 90.6 Å². The molecule has 0 spiro atoms. The van der Waals surface area contributed by atoms with E-state index in [4.69, 9.17) is 4.74 Å². The van der Waals surface area contributed by atoms with Gasteiger partial charge in [-0.15, -0.1) is 0 Å². The van der Waals surface area contributed by atoms with Crippen molar-refractivity contribution in [1.82, 2.24) is 0 Å². The molecule has 108 valence electrons. The molecule has 0 aromatic heterocycles. The fraction of sp³-hybridized carbons (Fsp3) is 0.938. The molecule has 0 aliphatic carbocycles. The average Bonchev–Trinajstić information content (AvgIpc) is 2.39. The van der Waals surface area contributed by atoms with Crippen LogP contribution in [0.15, 0.2) is 0 Å². The topological polar surface area (TPSA) is 26.3 Å². The normalized spacial score (nSPS) is 11.7. The summed E-state index contributed by atoms with van der Waals surface area (Å²) in [6.45, 7) is 7.46. The third kappa shape index (κ3) is 7.86. The highest BCUT2D eigenvalue weighted by Crippen LogP contribution is 2.31. The first-order valence-corrected chi connectivity index (χ1v) is 7.82. The standard InChI is InChI=1S/C16H32O2/c1-4-7-12-16(11-6-3,13-8-5-2)18-15-10-9-14-17/h14H,4-13,15H2,1-3H3. The minimum absolute atomic E-state index is 0.0870. The second kappa shape index (κ2) is 11.7. The van der Waals surface area contributed by atoms with Gasteiger partial charge in [0.2, 0.25) is 0 Å². The summed E-state index contributed by atoms with van der Waals surface area (Å²) in [4.78, 5) is 10.3. The molecule has 2 heteroatoms. The van der Waals surface area contributed by atoms with Crippen molar-refractivity contribution in [3.05, 3.63) is 0 Å². The highest BCUT2D eigenvalue weighted by Gasteiger charge is 2.28. The average molecular weight is 256 g/mol. The molecule has 0 atom stereocenters. The van der Waals surface area contributed by atoms with Gasteiger partial charge in [0.15, 0.2) is 0 Å². The Bertz CT molecular complexity index is 182. The largest absolute Gasteiger partial charge is 0.375 e. The summed E-state index contributed by atoms with van der Waals surface area (Å²) in [7, 11) is 0. The van der Waals surface area contributed by atoms with Gasteiger partial charge in [-0.2, -0.15) is 0 Å². The van der Waals surface area contributed by atoms with E-state index in [0.717, 1.165) is 25.7 Å². The molecule has 0 amide bonds. The first-order valence-electron chi connectivity index (χ1n) is 7.82. The van der Waals surface area contributed by atoms with Crippen molar-refractivity contribution >= 4 is 6.29 Å². The minimum Gasteiger partial charge on any atom is -0.375 e. The van der Waals surface area contributed by atoms with Gasteiger partial charge in [0.25, 0.3) is 0 Å². The number of hydrogen-bond donors (Lipinski definition) is 0. The molecular weight excluding hydrogens is 224 g/mol. The SMILES string of the molecule is CCCCC(CCC)(CCCC)OCCCC=O. The Balaban J connectivity index is 4.33.